The molecule has 0 saturated heterocycles. The van der Waals surface area contributed by atoms with Gasteiger partial charge in [-0.05, 0) is 24.8 Å². The quantitative estimate of drug-likeness (QED) is 0.696. The molecule has 0 spiro atoms. The Morgan fingerprint density at radius 1 is 1.22 bits per heavy atom. The maximum atomic E-state index is 11.9. The van der Waals surface area contributed by atoms with Crippen molar-refractivity contribution in [2.75, 3.05) is 13.2 Å². The highest BCUT2D eigenvalue weighted by Crippen LogP contribution is 2.19. The lowest BCUT2D eigenvalue weighted by atomic mass is 10.1. The summed E-state index contributed by atoms with van der Waals surface area (Å²) in [7, 11) is 0. The molecule has 1 rings (SSSR count). The predicted molar refractivity (Wildman–Crippen MR) is 71.2 cm³/mol. The molecule has 100 valence electrons. The summed E-state index contributed by atoms with van der Waals surface area (Å²) < 4.78 is 10.7. The maximum Gasteiger partial charge on any atom is 0.339 e. The van der Waals surface area contributed by atoms with E-state index in [1.807, 2.05) is 30.3 Å². The third kappa shape index (κ3) is 4.88. The standard InChI is InChI=1S/C15H22O3/c1-4-17-15(16)14(18-11-10-12(2)3)13-8-6-5-7-9-13/h5-9,12,14H,4,10-11H2,1-3H3. The van der Waals surface area contributed by atoms with Crippen LogP contribution in [-0.4, -0.2) is 19.2 Å². The van der Waals surface area contributed by atoms with Gasteiger partial charge in [0.1, 0.15) is 0 Å². The van der Waals surface area contributed by atoms with Crippen LogP contribution in [0.25, 0.3) is 0 Å². The molecule has 0 amide bonds. The van der Waals surface area contributed by atoms with Crippen LogP contribution in [0.5, 0.6) is 0 Å². The fraction of sp³-hybridized carbons (Fsp3) is 0.533. The molecular weight excluding hydrogens is 228 g/mol. The molecule has 0 bridgehead atoms. The number of benzene rings is 1. The van der Waals surface area contributed by atoms with Crippen molar-refractivity contribution in [1.29, 1.82) is 0 Å². The number of ether oxygens (including phenoxy) is 2. The minimum Gasteiger partial charge on any atom is -0.464 e. The Balaban J connectivity index is 2.66. The van der Waals surface area contributed by atoms with Gasteiger partial charge in [0.2, 0.25) is 0 Å². The Labute approximate surface area is 109 Å². The summed E-state index contributed by atoms with van der Waals surface area (Å²) in [6, 6.07) is 9.48. The van der Waals surface area contributed by atoms with E-state index in [4.69, 9.17) is 9.47 Å². The molecule has 1 aromatic carbocycles. The molecule has 0 saturated carbocycles. The number of carbonyl (C=O) groups is 1. The highest BCUT2D eigenvalue weighted by atomic mass is 16.6. The van der Waals surface area contributed by atoms with Gasteiger partial charge in [0.15, 0.2) is 6.10 Å². The number of esters is 1. The normalized spacial score (nSPS) is 12.4. The van der Waals surface area contributed by atoms with Crippen LogP contribution in [0.2, 0.25) is 0 Å². The van der Waals surface area contributed by atoms with Crippen molar-refractivity contribution in [3.63, 3.8) is 0 Å². The zero-order valence-electron chi connectivity index (χ0n) is 11.4. The first-order valence-corrected chi connectivity index (χ1v) is 6.48. The Kier molecular flexibility index (Phi) is 6.44. The van der Waals surface area contributed by atoms with E-state index in [1.165, 1.54) is 0 Å². The maximum absolute atomic E-state index is 11.9. The van der Waals surface area contributed by atoms with Crippen LogP contribution in [0, 0.1) is 5.92 Å². The minimum atomic E-state index is -0.607. The molecule has 1 unspecified atom stereocenters. The second-order valence-corrected chi connectivity index (χ2v) is 4.60. The summed E-state index contributed by atoms with van der Waals surface area (Å²) in [4.78, 5) is 11.9. The molecule has 0 radical (unpaired) electrons. The third-order valence-corrected chi connectivity index (χ3v) is 2.58. The average molecular weight is 250 g/mol. The number of hydrogen-bond acceptors (Lipinski definition) is 3. The van der Waals surface area contributed by atoms with Crippen molar-refractivity contribution >= 4 is 5.97 Å². The zero-order chi connectivity index (χ0) is 13.4. The first-order chi connectivity index (χ1) is 8.65. The molecule has 0 aliphatic heterocycles. The molecule has 1 aromatic rings. The Morgan fingerprint density at radius 3 is 2.44 bits per heavy atom. The molecule has 0 fully saturated rings. The van der Waals surface area contributed by atoms with Gasteiger partial charge in [0.25, 0.3) is 0 Å². The average Bonchev–Trinajstić information content (AvgIpc) is 2.35. The number of hydrogen-bond donors (Lipinski definition) is 0. The van der Waals surface area contributed by atoms with E-state index < -0.39 is 6.10 Å². The monoisotopic (exact) mass is 250 g/mol. The third-order valence-electron chi connectivity index (χ3n) is 2.58. The highest BCUT2D eigenvalue weighted by Gasteiger charge is 2.22. The SMILES string of the molecule is CCOC(=O)C(OCCC(C)C)c1ccccc1. The fourth-order valence-corrected chi connectivity index (χ4v) is 1.57. The Morgan fingerprint density at radius 2 is 1.89 bits per heavy atom. The van der Waals surface area contributed by atoms with Gasteiger partial charge < -0.3 is 9.47 Å². The van der Waals surface area contributed by atoms with E-state index >= 15 is 0 Å². The fourth-order valence-electron chi connectivity index (χ4n) is 1.57. The van der Waals surface area contributed by atoms with Gasteiger partial charge >= 0.3 is 5.97 Å². The van der Waals surface area contributed by atoms with Gasteiger partial charge in [-0.2, -0.15) is 0 Å². The topological polar surface area (TPSA) is 35.5 Å². The summed E-state index contributed by atoms with van der Waals surface area (Å²) in [5.74, 6) is 0.246. The Hall–Kier alpha value is -1.35. The summed E-state index contributed by atoms with van der Waals surface area (Å²) in [5.41, 5.74) is 0.847. The molecule has 18 heavy (non-hydrogen) atoms. The lowest BCUT2D eigenvalue weighted by Gasteiger charge is -2.17. The Bertz CT molecular complexity index is 346. The van der Waals surface area contributed by atoms with E-state index in [0.717, 1.165) is 12.0 Å². The predicted octanol–water partition coefficient (Wildman–Crippen LogP) is 3.35. The second-order valence-electron chi connectivity index (χ2n) is 4.60. The van der Waals surface area contributed by atoms with Gasteiger partial charge in [0, 0.05) is 6.61 Å². The summed E-state index contributed by atoms with van der Waals surface area (Å²) in [6.45, 7) is 7.00. The molecule has 0 aromatic heterocycles. The lowest BCUT2D eigenvalue weighted by molar-refractivity contribution is -0.157. The van der Waals surface area contributed by atoms with E-state index in [2.05, 4.69) is 13.8 Å². The van der Waals surface area contributed by atoms with Gasteiger partial charge in [-0.25, -0.2) is 4.79 Å². The number of carbonyl (C=O) groups excluding carboxylic acids is 1. The van der Waals surface area contributed by atoms with Gasteiger partial charge in [-0.15, -0.1) is 0 Å². The van der Waals surface area contributed by atoms with Crippen molar-refractivity contribution in [2.24, 2.45) is 5.92 Å². The lowest BCUT2D eigenvalue weighted by Crippen LogP contribution is -2.20. The van der Waals surface area contributed by atoms with Crippen molar-refractivity contribution in [3.8, 4) is 0 Å². The van der Waals surface area contributed by atoms with E-state index in [0.29, 0.717) is 19.1 Å². The molecular formula is C15H22O3. The first-order valence-electron chi connectivity index (χ1n) is 6.48. The molecule has 0 N–H and O–H groups in total. The molecule has 3 nitrogen and oxygen atoms in total. The van der Waals surface area contributed by atoms with Gasteiger partial charge in [-0.3, -0.25) is 0 Å². The molecule has 0 aliphatic rings. The van der Waals surface area contributed by atoms with Crippen molar-refractivity contribution in [3.05, 3.63) is 35.9 Å². The van der Waals surface area contributed by atoms with Crippen LogP contribution in [0.4, 0.5) is 0 Å². The van der Waals surface area contributed by atoms with Crippen LogP contribution in [0.3, 0.4) is 0 Å². The van der Waals surface area contributed by atoms with Crippen LogP contribution < -0.4 is 0 Å². The number of rotatable bonds is 7. The highest BCUT2D eigenvalue weighted by molar-refractivity contribution is 5.76. The first kappa shape index (κ1) is 14.7. The smallest absolute Gasteiger partial charge is 0.339 e. The van der Waals surface area contributed by atoms with E-state index in [9.17, 15) is 4.79 Å². The van der Waals surface area contributed by atoms with Crippen LogP contribution >= 0.6 is 0 Å². The molecule has 0 aliphatic carbocycles. The van der Waals surface area contributed by atoms with Crippen molar-refractivity contribution in [2.45, 2.75) is 33.3 Å². The summed E-state index contributed by atoms with van der Waals surface area (Å²) in [6.07, 6.45) is 0.327. The van der Waals surface area contributed by atoms with Gasteiger partial charge in [-0.1, -0.05) is 44.2 Å². The van der Waals surface area contributed by atoms with E-state index in [1.54, 1.807) is 6.92 Å². The largest absolute Gasteiger partial charge is 0.464 e. The van der Waals surface area contributed by atoms with Crippen molar-refractivity contribution < 1.29 is 14.3 Å². The van der Waals surface area contributed by atoms with Crippen molar-refractivity contribution in [1.82, 2.24) is 0 Å². The van der Waals surface area contributed by atoms with Crippen LogP contribution in [-0.2, 0) is 14.3 Å². The molecule has 3 heteroatoms. The summed E-state index contributed by atoms with van der Waals surface area (Å²) >= 11 is 0. The molecule has 0 heterocycles. The zero-order valence-corrected chi connectivity index (χ0v) is 11.4. The summed E-state index contributed by atoms with van der Waals surface area (Å²) in [5, 5.41) is 0. The molecule has 1 atom stereocenters. The second kappa shape index (κ2) is 7.88. The van der Waals surface area contributed by atoms with Gasteiger partial charge in [0.05, 0.1) is 6.61 Å². The van der Waals surface area contributed by atoms with E-state index in [-0.39, 0.29) is 5.97 Å². The van der Waals surface area contributed by atoms with Crippen LogP contribution in [0.1, 0.15) is 38.9 Å². The minimum absolute atomic E-state index is 0.313. The van der Waals surface area contributed by atoms with Crippen LogP contribution in [0.15, 0.2) is 30.3 Å².